The van der Waals surface area contributed by atoms with Gasteiger partial charge in [0.2, 0.25) is 0 Å². The Balaban J connectivity index is 2.56. The molecule has 0 bridgehead atoms. The van der Waals surface area contributed by atoms with Crippen molar-refractivity contribution >= 4 is 11.1 Å². The van der Waals surface area contributed by atoms with Gasteiger partial charge in [0.1, 0.15) is 34.9 Å². The van der Waals surface area contributed by atoms with Gasteiger partial charge in [-0.25, -0.2) is 9.97 Å². The molecule has 0 aliphatic heterocycles. The summed E-state index contributed by atoms with van der Waals surface area (Å²) in [6.07, 6.45) is -21.8. The van der Waals surface area contributed by atoms with Crippen molar-refractivity contribution in [3.05, 3.63) is 91.9 Å². The van der Waals surface area contributed by atoms with E-state index < -0.39 is 91.3 Å². The van der Waals surface area contributed by atoms with E-state index in [0.717, 1.165) is 0 Å². The Morgan fingerprint density at radius 2 is 0.773 bits per heavy atom. The summed E-state index contributed by atoms with van der Waals surface area (Å²) in [6, 6.07) is 6.87. The van der Waals surface area contributed by atoms with Crippen molar-refractivity contribution in [2.75, 3.05) is 0 Å². The van der Waals surface area contributed by atoms with Crippen LogP contribution in [0.4, 0.5) is 52.7 Å². The van der Waals surface area contributed by atoms with Gasteiger partial charge in [-0.3, -0.25) is 0 Å². The second-order valence-corrected chi connectivity index (χ2v) is 8.39. The summed E-state index contributed by atoms with van der Waals surface area (Å²) in [5.41, 5.74) is -14.2. The number of hydrogen-bond acceptors (Lipinski definition) is 6. The van der Waals surface area contributed by atoms with Gasteiger partial charge in [-0.1, -0.05) is 0 Å². The average Bonchev–Trinajstić information content (AvgIpc) is 2.91. The molecule has 6 nitrogen and oxygen atoms in total. The molecule has 3 aromatic rings. The van der Waals surface area contributed by atoms with Crippen LogP contribution in [0.1, 0.15) is 45.0 Å². The molecular formula is C26H6F12N6. The van der Waals surface area contributed by atoms with Crippen molar-refractivity contribution < 1.29 is 52.7 Å². The van der Waals surface area contributed by atoms with E-state index in [1.807, 2.05) is 0 Å². The molecule has 2 aromatic heterocycles. The molecule has 3 rings (SSSR count). The lowest BCUT2D eigenvalue weighted by molar-refractivity contribution is -0.151. The summed E-state index contributed by atoms with van der Waals surface area (Å²) in [5.74, 6) is 0. The number of pyridine rings is 2. The predicted molar refractivity (Wildman–Crippen MR) is 120 cm³/mol. The molecule has 1 aromatic carbocycles. The SMILES string of the molecule is N#CC(c1cc(C(F)(F)F)nc(C(F)(F)F)c1)=c1cc(C#N)c(=C(C#N)c2cc(C(F)(F)F)nc(C(F)(F)F)c2)c(C#N)c1. The number of nitrogens with zero attached hydrogens (tertiary/aromatic N) is 6. The van der Waals surface area contributed by atoms with Crippen molar-refractivity contribution in [3.8, 4) is 24.3 Å². The topological polar surface area (TPSA) is 121 Å². The van der Waals surface area contributed by atoms with Crippen LogP contribution < -0.4 is 10.4 Å². The van der Waals surface area contributed by atoms with E-state index in [-0.39, 0.29) is 24.3 Å². The van der Waals surface area contributed by atoms with Crippen LogP contribution in [0.15, 0.2) is 36.4 Å². The molecule has 0 saturated carbocycles. The van der Waals surface area contributed by atoms with E-state index in [1.54, 1.807) is 0 Å². The Labute approximate surface area is 236 Å². The summed E-state index contributed by atoms with van der Waals surface area (Å²) < 4.78 is 160. The lowest BCUT2D eigenvalue weighted by Gasteiger charge is -2.13. The number of hydrogen-bond donors (Lipinski definition) is 0. The molecule has 0 fully saturated rings. The van der Waals surface area contributed by atoms with Crippen LogP contribution in [-0.4, -0.2) is 9.97 Å². The summed E-state index contributed by atoms with van der Waals surface area (Å²) in [4.78, 5) is 5.00. The van der Waals surface area contributed by atoms with E-state index in [9.17, 15) is 73.7 Å². The van der Waals surface area contributed by atoms with Crippen LogP contribution in [0, 0.1) is 45.3 Å². The van der Waals surface area contributed by atoms with Gasteiger partial charge in [-0.15, -0.1) is 0 Å². The summed E-state index contributed by atoms with van der Waals surface area (Å²) >= 11 is 0. The van der Waals surface area contributed by atoms with E-state index in [4.69, 9.17) is 0 Å². The maximum Gasteiger partial charge on any atom is 0.433 e. The van der Waals surface area contributed by atoms with Gasteiger partial charge in [-0.05, 0) is 52.7 Å². The summed E-state index contributed by atoms with van der Waals surface area (Å²) in [7, 11) is 0. The molecular weight excluding hydrogens is 624 g/mol. The molecule has 18 heteroatoms. The maximum absolute atomic E-state index is 13.3. The van der Waals surface area contributed by atoms with Gasteiger partial charge >= 0.3 is 24.7 Å². The highest BCUT2D eigenvalue weighted by molar-refractivity contribution is 5.81. The number of benzene rings is 1. The van der Waals surface area contributed by atoms with E-state index >= 15 is 0 Å². The molecule has 0 aliphatic carbocycles. The highest BCUT2D eigenvalue weighted by Crippen LogP contribution is 2.36. The molecule has 0 N–H and O–H groups in total. The first kappa shape index (κ1) is 32.9. The molecule has 224 valence electrons. The monoisotopic (exact) mass is 630 g/mol. The number of halogens is 12. The second-order valence-electron chi connectivity index (χ2n) is 8.39. The summed E-state index contributed by atoms with van der Waals surface area (Å²) in [6.45, 7) is 0. The number of aromatic nitrogens is 2. The Morgan fingerprint density at radius 1 is 0.477 bits per heavy atom. The Hall–Kier alpha value is -5.62. The van der Waals surface area contributed by atoms with E-state index in [1.165, 1.54) is 24.3 Å². The third kappa shape index (κ3) is 6.71. The average molecular weight is 630 g/mol. The minimum absolute atomic E-state index is 0.0329. The zero-order chi connectivity index (χ0) is 33.4. The maximum atomic E-state index is 13.3. The highest BCUT2D eigenvalue weighted by Gasteiger charge is 2.40. The first-order valence-corrected chi connectivity index (χ1v) is 11.0. The third-order valence-corrected chi connectivity index (χ3v) is 5.53. The molecule has 2 heterocycles. The van der Waals surface area contributed by atoms with E-state index in [2.05, 4.69) is 9.97 Å². The van der Waals surface area contributed by atoms with Crippen molar-refractivity contribution in [2.45, 2.75) is 24.7 Å². The van der Waals surface area contributed by atoms with Crippen LogP contribution in [0.3, 0.4) is 0 Å². The largest absolute Gasteiger partial charge is 0.433 e. The van der Waals surface area contributed by atoms with Crippen LogP contribution in [-0.2, 0) is 24.7 Å². The standard InChI is InChI=1S/C26H6F12N6/c27-23(28,29)18-3-12(4-19(43-18)24(30,31)32)16(9-41)11-1-14(7-39)22(15(2-11)8-40)17(10-42)13-5-20(25(33,34)35)44-21(6-13)26(36,37)38/h1-6H. The highest BCUT2D eigenvalue weighted by atomic mass is 19.4. The minimum atomic E-state index is -5.46. The van der Waals surface area contributed by atoms with Crippen LogP contribution in [0.25, 0.3) is 11.1 Å². The van der Waals surface area contributed by atoms with Gasteiger partial charge in [0.25, 0.3) is 0 Å². The lowest BCUT2D eigenvalue weighted by Crippen LogP contribution is -2.23. The van der Waals surface area contributed by atoms with Crippen LogP contribution >= 0.6 is 0 Å². The summed E-state index contributed by atoms with van der Waals surface area (Å²) in [5, 5.41) is 37.3. The fourth-order valence-corrected chi connectivity index (χ4v) is 3.72. The van der Waals surface area contributed by atoms with Crippen molar-refractivity contribution in [1.82, 2.24) is 9.97 Å². The van der Waals surface area contributed by atoms with Gasteiger partial charge < -0.3 is 0 Å². The van der Waals surface area contributed by atoms with Crippen LogP contribution in [0.2, 0.25) is 0 Å². The normalized spacial score (nSPS) is 12.0. The smallest absolute Gasteiger partial charge is 0.239 e. The molecule has 0 amide bonds. The van der Waals surface area contributed by atoms with Crippen molar-refractivity contribution in [2.24, 2.45) is 0 Å². The van der Waals surface area contributed by atoms with Crippen molar-refractivity contribution in [1.29, 1.82) is 21.0 Å². The number of alkyl halides is 12. The Bertz CT molecular complexity index is 1850. The zero-order valence-corrected chi connectivity index (χ0v) is 20.7. The number of rotatable bonds is 2. The van der Waals surface area contributed by atoms with Gasteiger partial charge in [0.05, 0.1) is 34.4 Å². The minimum Gasteiger partial charge on any atom is -0.239 e. The molecule has 44 heavy (non-hydrogen) atoms. The molecule has 0 saturated heterocycles. The third-order valence-electron chi connectivity index (χ3n) is 5.53. The molecule has 0 unspecified atom stereocenters. The first-order valence-electron chi connectivity index (χ1n) is 11.0. The zero-order valence-electron chi connectivity index (χ0n) is 20.7. The van der Waals surface area contributed by atoms with Gasteiger partial charge in [0.15, 0.2) is 0 Å². The molecule has 0 spiro atoms. The molecule has 0 atom stereocenters. The molecule has 0 radical (unpaired) electrons. The fourth-order valence-electron chi connectivity index (χ4n) is 3.72. The quantitative estimate of drug-likeness (QED) is 0.333. The van der Waals surface area contributed by atoms with Gasteiger partial charge in [0, 0.05) is 5.22 Å². The van der Waals surface area contributed by atoms with Gasteiger partial charge in [-0.2, -0.15) is 73.7 Å². The number of nitriles is 4. The lowest BCUT2D eigenvalue weighted by atomic mass is 9.94. The van der Waals surface area contributed by atoms with Crippen LogP contribution in [0.5, 0.6) is 0 Å². The second kappa shape index (κ2) is 11.2. The Kier molecular flexibility index (Phi) is 8.39. The molecule has 0 aliphatic rings. The fraction of sp³-hybridized carbons (Fsp3) is 0.154. The predicted octanol–water partition coefficient (Wildman–Crippen LogP) is 5.74. The van der Waals surface area contributed by atoms with Crippen molar-refractivity contribution in [3.63, 3.8) is 0 Å². The Morgan fingerprint density at radius 3 is 1.02 bits per heavy atom. The first-order chi connectivity index (χ1) is 20.1. The van der Waals surface area contributed by atoms with E-state index in [0.29, 0.717) is 12.1 Å².